The van der Waals surface area contributed by atoms with E-state index in [0.29, 0.717) is 21.8 Å². The van der Waals surface area contributed by atoms with Crippen molar-refractivity contribution in [3.8, 4) is 0 Å². The Morgan fingerprint density at radius 2 is 1.41 bits per heavy atom. The molecule has 10 heteroatoms. The van der Waals surface area contributed by atoms with Gasteiger partial charge in [0.05, 0.1) is 34.5 Å². The summed E-state index contributed by atoms with van der Waals surface area (Å²) in [6, 6.07) is 17.5. The SMILES string of the molecule is NC1(c2ccc(Cl)cc2)CCN(c2ccc3c(=O)[nH]cnc3c2)CC1.O=c1[nH]cnc2cc(F)ccc12. The van der Waals surface area contributed by atoms with Gasteiger partial charge in [0.15, 0.2) is 0 Å². The van der Waals surface area contributed by atoms with Gasteiger partial charge in [0.25, 0.3) is 11.1 Å². The van der Waals surface area contributed by atoms with Crippen LogP contribution in [0.5, 0.6) is 0 Å². The topological polar surface area (TPSA) is 121 Å². The van der Waals surface area contributed by atoms with Crippen LogP contribution in [0.15, 0.2) is 82.9 Å². The molecule has 5 aromatic rings. The van der Waals surface area contributed by atoms with Crippen molar-refractivity contribution in [2.45, 2.75) is 18.4 Å². The number of nitrogens with two attached hydrogens (primary N) is 1. The fourth-order valence-electron chi connectivity index (χ4n) is 4.53. The van der Waals surface area contributed by atoms with Crippen molar-refractivity contribution in [1.29, 1.82) is 0 Å². The summed E-state index contributed by atoms with van der Waals surface area (Å²) in [5.74, 6) is -0.388. The van der Waals surface area contributed by atoms with E-state index in [9.17, 15) is 14.0 Å². The van der Waals surface area contributed by atoms with Gasteiger partial charge in [-0.25, -0.2) is 14.4 Å². The van der Waals surface area contributed by atoms with E-state index in [0.717, 1.165) is 42.2 Å². The van der Waals surface area contributed by atoms with Gasteiger partial charge < -0.3 is 20.6 Å². The Labute approximate surface area is 216 Å². The maximum absolute atomic E-state index is 12.6. The summed E-state index contributed by atoms with van der Waals surface area (Å²) in [7, 11) is 0. The summed E-state index contributed by atoms with van der Waals surface area (Å²) in [5.41, 5.74) is 9.25. The molecule has 0 bridgehead atoms. The first-order valence-corrected chi connectivity index (χ1v) is 12.1. The molecule has 0 spiro atoms. The molecule has 8 nitrogen and oxygen atoms in total. The van der Waals surface area contributed by atoms with Gasteiger partial charge in [-0.05, 0) is 60.9 Å². The predicted molar refractivity (Wildman–Crippen MR) is 143 cm³/mol. The van der Waals surface area contributed by atoms with Crippen molar-refractivity contribution in [1.82, 2.24) is 19.9 Å². The Balaban J connectivity index is 0.000000195. The van der Waals surface area contributed by atoms with Crippen molar-refractivity contribution >= 4 is 39.1 Å². The third-order valence-corrected chi connectivity index (χ3v) is 6.92. The van der Waals surface area contributed by atoms with Crippen LogP contribution in [-0.2, 0) is 5.54 Å². The largest absolute Gasteiger partial charge is 0.371 e. The number of benzene rings is 3. The van der Waals surface area contributed by atoms with E-state index >= 15 is 0 Å². The van der Waals surface area contributed by atoms with E-state index < -0.39 is 0 Å². The quantitative estimate of drug-likeness (QED) is 0.323. The lowest BCUT2D eigenvalue weighted by molar-refractivity contribution is 0.343. The second-order valence-electron chi connectivity index (χ2n) is 8.98. The van der Waals surface area contributed by atoms with Crippen LogP contribution in [0, 0.1) is 5.82 Å². The normalized spacial score (nSPS) is 14.8. The van der Waals surface area contributed by atoms with Gasteiger partial charge in [0.1, 0.15) is 5.82 Å². The van der Waals surface area contributed by atoms with Crippen LogP contribution in [0.2, 0.25) is 5.02 Å². The van der Waals surface area contributed by atoms with Crippen LogP contribution in [0.4, 0.5) is 10.1 Å². The number of nitrogens with one attached hydrogen (secondary N) is 2. The number of hydrogen-bond donors (Lipinski definition) is 3. The number of H-pyrrole nitrogens is 2. The smallest absolute Gasteiger partial charge is 0.258 e. The van der Waals surface area contributed by atoms with Crippen molar-refractivity contribution in [3.05, 3.63) is 110 Å². The lowest BCUT2D eigenvalue weighted by Gasteiger charge is -2.40. The summed E-state index contributed by atoms with van der Waals surface area (Å²) in [6.45, 7) is 1.71. The van der Waals surface area contributed by atoms with Gasteiger partial charge in [0.2, 0.25) is 0 Å². The number of fused-ring (bicyclic) bond motifs is 2. The van der Waals surface area contributed by atoms with E-state index in [1.165, 1.54) is 30.9 Å². The molecule has 0 unspecified atom stereocenters. The fraction of sp³-hybridized carbons (Fsp3) is 0.185. The minimum atomic E-state index is -0.388. The maximum atomic E-state index is 12.6. The molecule has 0 saturated carbocycles. The first-order chi connectivity index (χ1) is 17.8. The van der Waals surface area contributed by atoms with Crippen molar-refractivity contribution in [2.75, 3.05) is 18.0 Å². The van der Waals surface area contributed by atoms with Crippen molar-refractivity contribution in [3.63, 3.8) is 0 Å². The number of aromatic amines is 2. The Morgan fingerprint density at radius 1 is 0.838 bits per heavy atom. The van der Waals surface area contributed by atoms with Gasteiger partial charge in [-0.1, -0.05) is 23.7 Å². The highest BCUT2D eigenvalue weighted by molar-refractivity contribution is 6.30. The number of rotatable bonds is 2. The second kappa shape index (κ2) is 10.1. The average Bonchev–Trinajstić information content (AvgIpc) is 2.90. The first-order valence-electron chi connectivity index (χ1n) is 11.7. The molecule has 1 aliphatic heterocycles. The monoisotopic (exact) mass is 518 g/mol. The molecule has 0 radical (unpaired) electrons. The molecule has 1 saturated heterocycles. The molecule has 4 N–H and O–H groups in total. The Hall–Kier alpha value is -4.08. The number of nitrogens with zero attached hydrogens (tertiary/aromatic N) is 3. The number of piperidine rings is 1. The van der Waals surface area contributed by atoms with E-state index in [4.69, 9.17) is 17.3 Å². The molecule has 3 aromatic carbocycles. The molecule has 2 aromatic heterocycles. The van der Waals surface area contributed by atoms with Crippen LogP contribution in [-0.4, -0.2) is 33.0 Å². The summed E-state index contributed by atoms with van der Waals surface area (Å²) >= 11 is 5.98. The van der Waals surface area contributed by atoms with Gasteiger partial charge in [-0.3, -0.25) is 9.59 Å². The maximum Gasteiger partial charge on any atom is 0.258 e. The van der Waals surface area contributed by atoms with Gasteiger partial charge in [-0.15, -0.1) is 0 Å². The number of aromatic nitrogens is 4. The number of halogens is 2. The zero-order valence-corrected chi connectivity index (χ0v) is 20.5. The molecule has 37 heavy (non-hydrogen) atoms. The summed E-state index contributed by atoms with van der Waals surface area (Å²) in [5, 5.41) is 1.74. The third-order valence-electron chi connectivity index (χ3n) is 6.67. The Kier molecular flexibility index (Phi) is 6.73. The summed E-state index contributed by atoms with van der Waals surface area (Å²) < 4.78 is 12.6. The molecule has 1 fully saturated rings. The van der Waals surface area contributed by atoms with Crippen LogP contribution >= 0.6 is 11.6 Å². The zero-order valence-electron chi connectivity index (χ0n) is 19.7. The van der Waals surface area contributed by atoms with Gasteiger partial charge in [-0.2, -0.15) is 0 Å². The van der Waals surface area contributed by atoms with Crippen molar-refractivity contribution in [2.24, 2.45) is 5.73 Å². The Bertz CT molecular complexity index is 1680. The summed E-state index contributed by atoms with van der Waals surface area (Å²) in [6.07, 6.45) is 4.41. The highest BCUT2D eigenvalue weighted by Crippen LogP contribution is 2.33. The second-order valence-corrected chi connectivity index (χ2v) is 9.41. The lowest BCUT2D eigenvalue weighted by Crippen LogP contribution is -2.48. The van der Waals surface area contributed by atoms with E-state index in [-0.39, 0.29) is 22.5 Å². The molecule has 1 aliphatic rings. The third kappa shape index (κ3) is 5.23. The van der Waals surface area contributed by atoms with Crippen LogP contribution in [0.1, 0.15) is 18.4 Å². The fourth-order valence-corrected chi connectivity index (χ4v) is 4.66. The minimum Gasteiger partial charge on any atom is -0.371 e. The number of hydrogen-bond acceptors (Lipinski definition) is 6. The highest BCUT2D eigenvalue weighted by atomic mass is 35.5. The van der Waals surface area contributed by atoms with Crippen LogP contribution in [0.25, 0.3) is 21.8 Å². The van der Waals surface area contributed by atoms with Crippen LogP contribution in [0.3, 0.4) is 0 Å². The number of anilines is 1. The molecule has 3 heterocycles. The van der Waals surface area contributed by atoms with Gasteiger partial charge in [0, 0.05) is 35.4 Å². The summed E-state index contributed by atoms with van der Waals surface area (Å²) in [4.78, 5) is 38.2. The highest BCUT2D eigenvalue weighted by Gasteiger charge is 2.32. The zero-order chi connectivity index (χ0) is 26.0. The minimum absolute atomic E-state index is 0.112. The standard InChI is InChI=1S/C19H19ClN4O.C8H5FN2O/c20-14-3-1-13(2-4-14)19(21)7-9-24(10-8-19)15-5-6-16-17(11-15)22-12-23-18(16)25;9-5-1-2-6-7(3-5)10-4-11-8(6)12/h1-6,11-12H,7-10,21H2,(H,22,23,25);1-4H,(H,10,11,12). The Morgan fingerprint density at radius 3 is 2.03 bits per heavy atom. The van der Waals surface area contributed by atoms with Crippen LogP contribution < -0.4 is 21.8 Å². The van der Waals surface area contributed by atoms with Gasteiger partial charge >= 0.3 is 0 Å². The predicted octanol–water partition coefficient (Wildman–Crippen LogP) is 4.09. The van der Waals surface area contributed by atoms with Crippen molar-refractivity contribution < 1.29 is 4.39 Å². The average molecular weight is 519 g/mol. The molecule has 0 aliphatic carbocycles. The molecule has 0 atom stereocenters. The molecular formula is C27H24ClFN6O2. The van der Waals surface area contributed by atoms with E-state index in [1.807, 2.05) is 42.5 Å². The van der Waals surface area contributed by atoms with E-state index in [2.05, 4.69) is 24.8 Å². The molecule has 188 valence electrons. The molecule has 0 amide bonds. The molecule has 6 rings (SSSR count). The lowest BCUT2D eigenvalue weighted by atomic mass is 9.82. The first kappa shape index (κ1) is 24.6. The van der Waals surface area contributed by atoms with E-state index in [1.54, 1.807) is 0 Å². The molecular weight excluding hydrogens is 495 g/mol.